The summed E-state index contributed by atoms with van der Waals surface area (Å²) in [6, 6.07) is 27.4. The standard InChI is InChI=1S/C33H29FN6O2S2/c1-22-9-11-24(12-10-22)28-19-27(29-8-5-17-43-29)38-40(28)32(42)21-44-33-37-36-30(39(33)26-15-13-25(34)14-16-26)20-35-31(41)18-23-6-3-2-4-7-23/h2-17,28H,18-21H2,1H3,(H,35,41)/t28-/m0/s1. The Hall–Kier alpha value is -4.61. The largest absolute Gasteiger partial charge is 0.348 e. The van der Waals surface area contributed by atoms with Gasteiger partial charge in [-0.15, -0.1) is 21.5 Å². The number of thiophene rings is 1. The van der Waals surface area contributed by atoms with E-state index < -0.39 is 0 Å². The summed E-state index contributed by atoms with van der Waals surface area (Å²) in [7, 11) is 0. The van der Waals surface area contributed by atoms with Crippen LogP contribution in [0.3, 0.4) is 0 Å². The lowest BCUT2D eigenvalue weighted by Gasteiger charge is -2.22. The van der Waals surface area contributed by atoms with Gasteiger partial charge in [0.05, 0.1) is 35.3 Å². The van der Waals surface area contributed by atoms with Crippen molar-refractivity contribution in [2.75, 3.05) is 5.75 Å². The molecule has 1 N–H and O–H groups in total. The highest BCUT2D eigenvalue weighted by Gasteiger charge is 2.33. The predicted octanol–water partition coefficient (Wildman–Crippen LogP) is 6.11. The Kier molecular flexibility index (Phi) is 8.94. The monoisotopic (exact) mass is 624 g/mol. The molecule has 3 heterocycles. The van der Waals surface area contributed by atoms with Gasteiger partial charge in [-0.2, -0.15) is 5.10 Å². The number of hydrogen-bond acceptors (Lipinski definition) is 7. The molecule has 222 valence electrons. The molecule has 5 aromatic rings. The second-order valence-corrected chi connectivity index (χ2v) is 12.2. The molecule has 0 spiro atoms. The number of halogens is 1. The molecule has 44 heavy (non-hydrogen) atoms. The van der Waals surface area contributed by atoms with Crippen molar-refractivity contribution < 1.29 is 14.0 Å². The number of benzene rings is 3. The highest BCUT2D eigenvalue weighted by atomic mass is 32.2. The number of aryl methyl sites for hydroxylation is 1. The summed E-state index contributed by atoms with van der Waals surface area (Å²) in [6.07, 6.45) is 0.853. The van der Waals surface area contributed by atoms with Crippen molar-refractivity contribution in [1.82, 2.24) is 25.1 Å². The smallest absolute Gasteiger partial charge is 0.253 e. The van der Waals surface area contributed by atoms with Gasteiger partial charge in [-0.25, -0.2) is 9.40 Å². The van der Waals surface area contributed by atoms with Crippen molar-refractivity contribution in [3.05, 3.63) is 130 Å². The number of carbonyl (C=O) groups excluding carboxylic acids is 2. The van der Waals surface area contributed by atoms with Gasteiger partial charge in [0.1, 0.15) is 5.82 Å². The number of thioether (sulfide) groups is 1. The summed E-state index contributed by atoms with van der Waals surface area (Å²) in [5.41, 5.74) is 4.57. The molecule has 11 heteroatoms. The Labute approximate surface area is 262 Å². The number of carbonyl (C=O) groups is 2. The van der Waals surface area contributed by atoms with Crippen LogP contribution in [0.25, 0.3) is 5.69 Å². The molecule has 1 aliphatic rings. The van der Waals surface area contributed by atoms with Gasteiger partial charge in [0, 0.05) is 12.1 Å². The lowest BCUT2D eigenvalue weighted by atomic mass is 10.00. The molecule has 1 atom stereocenters. The zero-order chi connectivity index (χ0) is 30.5. The van der Waals surface area contributed by atoms with Gasteiger partial charge in [-0.3, -0.25) is 14.2 Å². The molecule has 0 fully saturated rings. The van der Waals surface area contributed by atoms with E-state index >= 15 is 0 Å². The molecule has 8 nitrogen and oxygen atoms in total. The second-order valence-electron chi connectivity index (χ2n) is 10.3. The van der Waals surface area contributed by atoms with Crippen molar-refractivity contribution in [3.63, 3.8) is 0 Å². The lowest BCUT2D eigenvalue weighted by Crippen LogP contribution is -2.28. The maximum atomic E-state index is 13.8. The highest BCUT2D eigenvalue weighted by molar-refractivity contribution is 7.99. The summed E-state index contributed by atoms with van der Waals surface area (Å²) >= 11 is 2.82. The van der Waals surface area contributed by atoms with E-state index in [9.17, 15) is 14.0 Å². The molecule has 3 aromatic carbocycles. The summed E-state index contributed by atoms with van der Waals surface area (Å²) < 4.78 is 15.5. The molecule has 0 aliphatic carbocycles. The summed E-state index contributed by atoms with van der Waals surface area (Å²) in [4.78, 5) is 27.4. The molecule has 2 amide bonds. The van der Waals surface area contributed by atoms with Gasteiger partial charge in [0.15, 0.2) is 11.0 Å². The molecule has 6 rings (SSSR count). The number of nitrogens with one attached hydrogen (secondary N) is 1. The maximum absolute atomic E-state index is 13.8. The Morgan fingerprint density at radius 3 is 2.48 bits per heavy atom. The van der Waals surface area contributed by atoms with Crippen molar-refractivity contribution in [3.8, 4) is 5.69 Å². The van der Waals surface area contributed by atoms with Crippen LogP contribution in [0.2, 0.25) is 0 Å². The fourth-order valence-electron chi connectivity index (χ4n) is 4.95. The Bertz CT molecular complexity index is 1770. The van der Waals surface area contributed by atoms with Crippen molar-refractivity contribution >= 4 is 40.6 Å². The van der Waals surface area contributed by atoms with Crippen LogP contribution in [0.1, 0.15) is 39.9 Å². The quantitative estimate of drug-likeness (QED) is 0.190. The molecule has 0 radical (unpaired) electrons. The van der Waals surface area contributed by atoms with Crippen LogP contribution >= 0.6 is 23.1 Å². The van der Waals surface area contributed by atoms with E-state index in [4.69, 9.17) is 5.10 Å². The number of nitrogens with zero attached hydrogens (tertiary/aromatic N) is 5. The molecule has 0 bridgehead atoms. The molecule has 0 saturated carbocycles. The van der Waals surface area contributed by atoms with Crippen LogP contribution in [0.4, 0.5) is 4.39 Å². The van der Waals surface area contributed by atoms with Gasteiger partial charge < -0.3 is 5.32 Å². The molecular formula is C33H29FN6O2S2. The van der Waals surface area contributed by atoms with E-state index in [1.165, 1.54) is 23.9 Å². The highest BCUT2D eigenvalue weighted by Crippen LogP contribution is 2.35. The molecule has 0 unspecified atom stereocenters. The van der Waals surface area contributed by atoms with Crippen molar-refractivity contribution in [2.24, 2.45) is 5.10 Å². The molecule has 1 aliphatic heterocycles. The van der Waals surface area contributed by atoms with E-state index in [2.05, 4.69) is 15.5 Å². The van der Waals surface area contributed by atoms with Crippen molar-refractivity contribution in [1.29, 1.82) is 0 Å². The van der Waals surface area contributed by atoms with Gasteiger partial charge >= 0.3 is 0 Å². The van der Waals surface area contributed by atoms with E-state index in [1.54, 1.807) is 33.0 Å². The summed E-state index contributed by atoms with van der Waals surface area (Å²) in [5.74, 6) is -0.184. The lowest BCUT2D eigenvalue weighted by molar-refractivity contribution is -0.130. The van der Waals surface area contributed by atoms with E-state index in [1.807, 2.05) is 79.0 Å². The summed E-state index contributed by atoms with van der Waals surface area (Å²) in [6.45, 7) is 2.15. The average molecular weight is 625 g/mol. The van der Waals surface area contributed by atoms with Crippen LogP contribution in [0.5, 0.6) is 0 Å². The van der Waals surface area contributed by atoms with Crippen LogP contribution in [-0.4, -0.2) is 43.1 Å². The van der Waals surface area contributed by atoms with Gasteiger partial charge in [0.25, 0.3) is 5.91 Å². The molecule has 0 saturated heterocycles. The number of amides is 2. The number of hydrazone groups is 1. The third-order valence-corrected chi connectivity index (χ3v) is 9.03. The first-order chi connectivity index (χ1) is 21.4. The normalized spacial score (nSPS) is 14.5. The molecular weight excluding hydrogens is 596 g/mol. The zero-order valence-electron chi connectivity index (χ0n) is 23.9. The SMILES string of the molecule is Cc1ccc([C@@H]2CC(c3cccs3)=NN2C(=O)CSc2nnc(CNC(=O)Cc3ccccc3)n2-c2ccc(F)cc2)cc1. The Morgan fingerprint density at radius 2 is 1.75 bits per heavy atom. The summed E-state index contributed by atoms with van der Waals surface area (Å²) in [5, 5.41) is 20.4. The third kappa shape index (κ3) is 6.79. The van der Waals surface area contributed by atoms with E-state index in [0.717, 1.165) is 27.3 Å². The van der Waals surface area contributed by atoms with E-state index in [0.29, 0.717) is 23.1 Å². The minimum absolute atomic E-state index is 0.0588. The number of rotatable bonds is 10. The fourth-order valence-corrected chi connectivity index (χ4v) is 6.50. The van der Waals surface area contributed by atoms with Crippen LogP contribution in [0.15, 0.2) is 107 Å². The maximum Gasteiger partial charge on any atom is 0.253 e. The predicted molar refractivity (Wildman–Crippen MR) is 170 cm³/mol. The minimum Gasteiger partial charge on any atom is -0.348 e. The van der Waals surface area contributed by atoms with Crippen molar-refractivity contribution in [2.45, 2.75) is 37.5 Å². The minimum atomic E-state index is -0.375. The first kappa shape index (κ1) is 29.5. The first-order valence-electron chi connectivity index (χ1n) is 14.1. The first-order valence-corrected chi connectivity index (χ1v) is 15.9. The van der Waals surface area contributed by atoms with Crippen LogP contribution in [0, 0.1) is 12.7 Å². The Morgan fingerprint density at radius 1 is 0.977 bits per heavy atom. The second kappa shape index (κ2) is 13.4. The van der Waals surface area contributed by atoms with Gasteiger partial charge in [-0.05, 0) is 53.8 Å². The number of hydrogen-bond donors (Lipinski definition) is 1. The van der Waals surface area contributed by atoms with Gasteiger partial charge in [0.2, 0.25) is 5.91 Å². The fraction of sp³-hybridized carbons (Fsp3) is 0.182. The van der Waals surface area contributed by atoms with Gasteiger partial charge in [-0.1, -0.05) is 78.0 Å². The van der Waals surface area contributed by atoms with E-state index in [-0.39, 0.29) is 42.4 Å². The molecule has 2 aromatic heterocycles. The number of aromatic nitrogens is 3. The zero-order valence-corrected chi connectivity index (χ0v) is 25.5. The topological polar surface area (TPSA) is 92.5 Å². The Balaban J connectivity index is 1.21. The van der Waals surface area contributed by atoms with Crippen LogP contribution in [-0.2, 0) is 22.6 Å². The average Bonchev–Trinajstić information content (AvgIpc) is 3.81. The third-order valence-electron chi connectivity index (χ3n) is 7.19. The van der Waals surface area contributed by atoms with Crippen LogP contribution < -0.4 is 5.32 Å².